The molecule has 17 heavy (non-hydrogen) atoms. The summed E-state index contributed by atoms with van der Waals surface area (Å²) < 4.78 is 31.1. The summed E-state index contributed by atoms with van der Waals surface area (Å²) in [6.45, 7) is 0.0168. The Kier molecular flexibility index (Phi) is 4.14. The number of hydrogen-bond donors (Lipinski definition) is 2. The fraction of sp³-hybridized carbons (Fsp3) is 0.364. The molecule has 1 unspecified atom stereocenters. The van der Waals surface area contributed by atoms with Crippen molar-refractivity contribution < 1.29 is 28.5 Å². The standard InChI is InChI=1S/C11H12F2O4/c1-17-6-7-4-2-3-5-8(7)9(14)11(12,13)10(15)16/h2-5,9,14H,6H2,1H3,(H,15,16). The van der Waals surface area contributed by atoms with E-state index in [1.807, 2.05) is 0 Å². The molecular weight excluding hydrogens is 234 g/mol. The second kappa shape index (κ2) is 5.20. The third-order valence-electron chi connectivity index (χ3n) is 2.28. The van der Waals surface area contributed by atoms with Crippen LogP contribution in [0.1, 0.15) is 17.2 Å². The van der Waals surface area contributed by atoms with E-state index in [0.29, 0.717) is 5.56 Å². The van der Waals surface area contributed by atoms with E-state index in [-0.39, 0.29) is 12.2 Å². The molecule has 1 rings (SSSR count). The van der Waals surface area contributed by atoms with Crippen molar-refractivity contribution in [3.63, 3.8) is 0 Å². The maximum absolute atomic E-state index is 13.2. The maximum atomic E-state index is 13.2. The number of carbonyl (C=O) groups is 1. The molecule has 2 N–H and O–H groups in total. The first-order chi connectivity index (χ1) is 7.91. The van der Waals surface area contributed by atoms with Crippen molar-refractivity contribution in [2.75, 3.05) is 7.11 Å². The Balaban J connectivity index is 3.11. The number of rotatable bonds is 5. The zero-order valence-corrected chi connectivity index (χ0v) is 9.06. The Morgan fingerprint density at radius 2 is 2.06 bits per heavy atom. The Morgan fingerprint density at radius 3 is 2.59 bits per heavy atom. The quantitative estimate of drug-likeness (QED) is 0.827. The summed E-state index contributed by atoms with van der Waals surface area (Å²) in [7, 11) is 1.37. The zero-order chi connectivity index (χ0) is 13.1. The first-order valence-electron chi connectivity index (χ1n) is 4.77. The van der Waals surface area contributed by atoms with Crippen molar-refractivity contribution >= 4 is 5.97 Å². The molecular formula is C11H12F2O4. The summed E-state index contributed by atoms with van der Waals surface area (Å²) in [4.78, 5) is 10.4. The van der Waals surface area contributed by atoms with Crippen LogP contribution in [0.2, 0.25) is 0 Å². The average Bonchev–Trinajstić information content (AvgIpc) is 2.29. The number of carboxylic acid groups (broad SMARTS) is 1. The van der Waals surface area contributed by atoms with Crippen LogP contribution < -0.4 is 0 Å². The molecule has 0 fully saturated rings. The predicted molar refractivity (Wildman–Crippen MR) is 54.7 cm³/mol. The number of aliphatic carboxylic acids is 1. The number of halogens is 2. The normalized spacial score (nSPS) is 13.4. The fourth-order valence-corrected chi connectivity index (χ4v) is 1.40. The molecule has 0 saturated heterocycles. The van der Waals surface area contributed by atoms with Crippen molar-refractivity contribution in [2.45, 2.75) is 18.6 Å². The van der Waals surface area contributed by atoms with Crippen LogP contribution in [-0.2, 0) is 16.1 Å². The number of aliphatic hydroxyl groups excluding tert-OH is 1. The highest BCUT2D eigenvalue weighted by molar-refractivity contribution is 5.76. The van der Waals surface area contributed by atoms with Gasteiger partial charge < -0.3 is 14.9 Å². The van der Waals surface area contributed by atoms with Crippen molar-refractivity contribution in [1.29, 1.82) is 0 Å². The largest absolute Gasteiger partial charge is 0.477 e. The number of methoxy groups -OCH3 is 1. The van der Waals surface area contributed by atoms with Gasteiger partial charge in [0, 0.05) is 7.11 Å². The molecule has 0 spiro atoms. The van der Waals surface area contributed by atoms with Crippen LogP contribution in [-0.4, -0.2) is 29.2 Å². The molecule has 0 amide bonds. The van der Waals surface area contributed by atoms with E-state index < -0.39 is 18.0 Å². The molecule has 0 aromatic heterocycles. The second-order valence-electron chi connectivity index (χ2n) is 3.46. The molecule has 1 aromatic carbocycles. The van der Waals surface area contributed by atoms with Gasteiger partial charge in [0.15, 0.2) is 6.10 Å². The fourth-order valence-electron chi connectivity index (χ4n) is 1.40. The molecule has 0 bridgehead atoms. The topological polar surface area (TPSA) is 66.8 Å². The SMILES string of the molecule is COCc1ccccc1C(O)C(F)(F)C(=O)O. The minimum Gasteiger partial charge on any atom is -0.477 e. The first-order valence-corrected chi connectivity index (χ1v) is 4.77. The summed E-state index contributed by atoms with van der Waals surface area (Å²) in [6, 6.07) is 5.76. The van der Waals surface area contributed by atoms with Crippen LogP contribution in [0.4, 0.5) is 8.78 Å². The van der Waals surface area contributed by atoms with Gasteiger partial charge in [0.25, 0.3) is 0 Å². The summed E-state index contributed by atoms with van der Waals surface area (Å²) in [5, 5.41) is 17.8. The number of hydrogen-bond acceptors (Lipinski definition) is 3. The van der Waals surface area contributed by atoms with E-state index in [1.54, 1.807) is 6.07 Å². The van der Waals surface area contributed by atoms with Crippen LogP contribution in [0.25, 0.3) is 0 Å². The number of ether oxygens (including phenoxy) is 1. The van der Waals surface area contributed by atoms with E-state index in [4.69, 9.17) is 9.84 Å². The van der Waals surface area contributed by atoms with E-state index in [2.05, 4.69) is 0 Å². The van der Waals surface area contributed by atoms with Crippen LogP contribution in [0.3, 0.4) is 0 Å². The van der Waals surface area contributed by atoms with Gasteiger partial charge in [0.1, 0.15) is 0 Å². The number of aliphatic hydroxyl groups is 1. The van der Waals surface area contributed by atoms with Crippen LogP contribution in [0.5, 0.6) is 0 Å². The Morgan fingerprint density at radius 1 is 1.47 bits per heavy atom. The van der Waals surface area contributed by atoms with Crippen molar-refractivity contribution in [3.05, 3.63) is 35.4 Å². The van der Waals surface area contributed by atoms with Gasteiger partial charge in [-0.25, -0.2) is 4.79 Å². The van der Waals surface area contributed by atoms with Gasteiger partial charge in [-0.1, -0.05) is 24.3 Å². The third-order valence-corrected chi connectivity index (χ3v) is 2.28. The summed E-state index contributed by atoms with van der Waals surface area (Å²) in [5.74, 6) is -6.60. The third kappa shape index (κ3) is 2.78. The summed E-state index contributed by atoms with van der Waals surface area (Å²) >= 11 is 0. The molecule has 0 aliphatic rings. The van der Waals surface area contributed by atoms with Gasteiger partial charge in [-0.3, -0.25) is 0 Å². The van der Waals surface area contributed by atoms with Crippen LogP contribution in [0, 0.1) is 0 Å². The molecule has 0 radical (unpaired) electrons. The minimum atomic E-state index is -4.23. The average molecular weight is 246 g/mol. The van der Waals surface area contributed by atoms with E-state index in [1.165, 1.54) is 25.3 Å². The lowest BCUT2D eigenvalue weighted by atomic mass is 9.98. The summed E-state index contributed by atoms with van der Waals surface area (Å²) in [6.07, 6.45) is -2.40. The Hall–Kier alpha value is -1.53. The van der Waals surface area contributed by atoms with Crippen LogP contribution >= 0.6 is 0 Å². The first kappa shape index (κ1) is 13.5. The molecule has 6 heteroatoms. The van der Waals surface area contributed by atoms with Gasteiger partial charge in [-0.2, -0.15) is 8.78 Å². The minimum absolute atomic E-state index is 0.0168. The molecule has 0 aliphatic heterocycles. The highest BCUT2D eigenvalue weighted by atomic mass is 19.3. The number of carboxylic acids is 1. The van der Waals surface area contributed by atoms with Gasteiger partial charge in [0.05, 0.1) is 6.61 Å². The lowest BCUT2D eigenvalue weighted by Gasteiger charge is -2.20. The predicted octanol–water partition coefficient (Wildman–Crippen LogP) is 1.59. The highest BCUT2D eigenvalue weighted by Crippen LogP contribution is 2.33. The Bertz CT molecular complexity index is 406. The van der Waals surface area contributed by atoms with Crippen molar-refractivity contribution in [1.82, 2.24) is 0 Å². The molecule has 0 aliphatic carbocycles. The molecule has 4 nitrogen and oxygen atoms in total. The maximum Gasteiger partial charge on any atom is 0.377 e. The van der Waals surface area contributed by atoms with Gasteiger partial charge >= 0.3 is 11.9 Å². The molecule has 0 heterocycles. The van der Waals surface area contributed by atoms with Gasteiger partial charge in [-0.15, -0.1) is 0 Å². The second-order valence-corrected chi connectivity index (χ2v) is 3.46. The number of alkyl halides is 2. The van der Waals surface area contributed by atoms with Crippen LogP contribution in [0.15, 0.2) is 24.3 Å². The number of benzene rings is 1. The van der Waals surface area contributed by atoms with Crippen molar-refractivity contribution in [2.24, 2.45) is 0 Å². The summed E-state index contributed by atoms with van der Waals surface area (Å²) in [5.41, 5.74) is 0.171. The lowest BCUT2D eigenvalue weighted by Crippen LogP contribution is -2.36. The smallest absolute Gasteiger partial charge is 0.377 e. The lowest BCUT2D eigenvalue weighted by molar-refractivity contribution is -0.183. The highest BCUT2D eigenvalue weighted by Gasteiger charge is 2.48. The van der Waals surface area contributed by atoms with Gasteiger partial charge in [-0.05, 0) is 11.1 Å². The molecule has 0 saturated carbocycles. The molecule has 1 aromatic rings. The molecule has 94 valence electrons. The monoisotopic (exact) mass is 246 g/mol. The van der Waals surface area contributed by atoms with E-state index >= 15 is 0 Å². The Labute approximate surface area is 96.5 Å². The van der Waals surface area contributed by atoms with Gasteiger partial charge in [0.2, 0.25) is 0 Å². The van der Waals surface area contributed by atoms with E-state index in [9.17, 15) is 18.7 Å². The van der Waals surface area contributed by atoms with Crippen molar-refractivity contribution in [3.8, 4) is 0 Å². The zero-order valence-electron chi connectivity index (χ0n) is 9.06. The van der Waals surface area contributed by atoms with E-state index in [0.717, 1.165) is 0 Å². The molecule has 1 atom stereocenters.